The molecule has 0 saturated carbocycles. The van der Waals surface area contributed by atoms with Gasteiger partial charge in [-0.3, -0.25) is 19.3 Å². The number of fused-ring (bicyclic) bond motifs is 2. The Morgan fingerprint density at radius 2 is 1.42 bits per heavy atom. The van der Waals surface area contributed by atoms with Crippen LogP contribution in [0.1, 0.15) is 24.1 Å². The van der Waals surface area contributed by atoms with Crippen LogP contribution in [0.3, 0.4) is 0 Å². The predicted octanol–water partition coefficient (Wildman–Crippen LogP) is 2.84. The van der Waals surface area contributed by atoms with Gasteiger partial charge in [0.1, 0.15) is 11.7 Å². The maximum absolute atomic E-state index is 14.7. The minimum atomic E-state index is -3.14. The van der Waals surface area contributed by atoms with Gasteiger partial charge in [0.2, 0.25) is 5.91 Å². The number of benzene rings is 3. The maximum atomic E-state index is 14.7. The van der Waals surface area contributed by atoms with Crippen LogP contribution in [-0.2, 0) is 40.0 Å². The predicted molar refractivity (Wildman–Crippen MR) is 159 cm³/mol. The third-order valence-electron chi connectivity index (χ3n) is 8.42. The molecular formula is C34H29N3O8. The molecule has 3 aliphatic heterocycles. The fourth-order valence-corrected chi connectivity index (χ4v) is 6.35. The van der Waals surface area contributed by atoms with Crippen molar-refractivity contribution in [2.24, 2.45) is 5.92 Å². The molecule has 0 aliphatic carbocycles. The average molecular weight is 608 g/mol. The highest BCUT2D eigenvalue weighted by Gasteiger charge is 2.70. The summed E-state index contributed by atoms with van der Waals surface area (Å²) >= 11 is 0. The van der Waals surface area contributed by atoms with Gasteiger partial charge < -0.3 is 19.5 Å². The molecule has 1 fully saturated rings. The van der Waals surface area contributed by atoms with Crippen LogP contribution < -0.4 is 4.90 Å². The molecular weight excluding hydrogens is 578 g/mol. The first-order valence-electron chi connectivity index (χ1n) is 14.1. The van der Waals surface area contributed by atoms with Crippen LogP contribution in [0, 0.1) is 5.92 Å². The molecule has 1 N–H and O–H groups in total. The Morgan fingerprint density at radius 3 is 2.00 bits per heavy atom. The Hall–Kier alpha value is -5.55. The van der Waals surface area contributed by atoms with Crippen molar-refractivity contribution in [1.82, 2.24) is 9.80 Å². The fraction of sp³-hybridized carbons (Fsp3) is 0.206. The van der Waals surface area contributed by atoms with Crippen molar-refractivity contribution < 1.29 is 38.6 Å². The van der Waals surface area contributed by atoms with Gasteiger partial charge >= 0.3 is 11.9 Å². The van der Waals surface area contributed by atoms with Crippen LogP contribution in [0.5, 0.6) is 0 Å². The minimum absolute atomic E-state index is 0.0294. The van der Waals surface area contributed by atoms with Crippen molar-refractivity contribution >= 4 is 35.3 Å². The van der Waals surface area contributed by atoms with E-state index in [4.69, 9.17) is 9.47 Å². The fourth-order valence-electron chi connectivity index (χ4n) is 6.35. The summed E-state index contributed by atoms with van der Waals surface area (Å²) in [6.07, 6.45) is 0. The molecule has 1 saturated heterocycles. The zero-order valence-electron chi connectivity index (χ0n) is 24.7. The van der Waals surface area contributed by atoms with E-state index >= 15 is 0 Å². The lowest BCUT2D eigenvalue weighted by atomic mass is 9.76. The number of aliphatic hydroxyl groups is 1. The standard InChI is InChI=1S/C34H29N3O8/c1-20-24(31(40)44-2)27(22-15-9-5-10-16-22)37-28(35(20)19-21-13-7-4-8-14-21)25-26(34(43,32(37)41)33(42)45-3)30(39)36(29(25)38)23-17-11-6-12-18-23/h4-18,26-27,43H,19H2,1-3H3/t26-,27-,34+/m0/s1. The summed E-state index contributed by atoms with van der Waals surface area (Å²) in [5.74, 6) is -7.17. The van der Waals surface area contributed by atoms with Gasteiger partial charge in [-0.2, -0.15) is 0 Å². The number of carbonyl (C=O) groups excluding carboxylic acids is 5. The van der Waals surface area contributed by atoms with Crippen molar-refractivity contribution in [3.8, 4) is 0 Å². The van der Waals surface area contributed by atoms with Crippen LogP contribution in [-0.4, -0.2) is 64.4 Å². The highest BCUT2D eigenvalue weighted by Crippen LogP contribution is 2.52. The number of hydrogen-bond donors (Lipinski definition) is 1. The van der Waals surface area contributed by atoms with Gasteiger partial charge in [0.15, 0.2) is 0 Å². The quantitative estimate of drug-likeness (QED) is 0.255. The van der Waals surface area contributed by atoms with E-state index < -0.39 is 47.2 Å². The lowest BCUT2D eigenvalue weighted by molar-refractivity contribution is -0.183. The summed E-state index contributed by atoms with van der Waals surface area (Å²) in [5, 5.41) is 12.1. The van der Waals surface area contributed by atoms with E-state index in [0.29, 0.717) is 11.3 Å². The molecule has 11 heteroatoms. The van der Waals surface area contributed by atoms with Crippen LogP contribution >= 0.6 is 0 Å². The first kappa shape index (κ1) is 29.5. The monoisotopic (exact) mass is 607 g/mol. The van der Waals surface area contributed by atoms with Crippen molar-refractivity contribution in [2.75, 3.05) is 19.1 Å². The van der Waals surface area contributed by atoms with Gasteiger partial charge in [-0.25, -0.2) is 14.5 Å². The average Bonchev–Trinajstić information content (AvgIpc) is 3.34. The number of rotatable bonds is 6. The second-order valence-corrected chi connectivity index (χ2v) is 10.8. The second kappa shape index (κ2) is 11.2. The number of methoxy groups -OCH3 is 2. The summed E-state index contributed by atoms with van der Waals surface area (Å²) in [6, 6.07) is 24.4. The SMILES string of the molecule is COC(=O)C1=C(C)N(Cc2ccccc2)C2=C3C(=O)N(c4ccccc4)C(=O)[C@H]3[C@](O)(C(=O)OC)C(=O)N2[C@H]1c1ccccc1. The molecule has 3 heterocycles. The van der Waals surface area contributed by atoms with Gasteiger partial charge in [0, 0.05) is 12.2 Å². The highest BCUT2D eigenvalue weighted by molar-refractivity contribution is 6.33. The largest absolute Gasteiger partial charge is 0.466 e. The van der Waals surface area contributed by atoms with Crippen molar-refractivity contribution in [3.05, 3.63) is 125 Å². The van der Waals surface area contributed by atoms with Crippen molar-refractivity contribution in [1.29, 1.82) is 0 Å². The third kappa shape index (κ3) is 4.34. The van der Waals surface area contributed by atoms with E-state index in [1.165, 1.54) is 19.2 Å². The summed E-state index contributed by atoms with van der Waals surface area (Å²) in [6.45, 7) is 1.72. The summed E-state index contributed by atoms with van der Waals surface area (Å²) in [7, 11) is 2.18. The number of para-hydroxylation sites is 1. The van der Waals surface area contributed by atoms with E-state index in [0.717, 1.165) is 22.5 Å². The lowest BCUT2D eigenvalue weighted by Gasteiger charge is -2.51. The highest BCUT2D eigenvalue weighted by atomic mass is 16.5. The number of imide groups is 1. The number of anilines is 1. The second-order valence-electron chi connectivity index (χ2n) is 10.8. The molecule has 0 radical (unpaired) electrons. The molecule has 3 aliphatic rings. The van der Waals surface area contributed by atoms with Crippen molar-refractivity contribution in [3.63, 3.8) is 0 Å². The topological polar surface area (TPSA) is 134 Å². The number of amides is 3. The van der Waals surface area contributed by atoms with Gasteiger partial charge in [-0.05, 0) is 30.2 Å². The maximum Gasteiger partial charge on any atom is 0.349 e. The number of ether oxygens (including phenoxy) is 2. The molecule has 45 heavy (non-hydrogen) atoms. The summed E-state index contributed by atoms with van der Waals surface area (Å²) in [5.41, 5.74) is -1.65. The number of carbonyl (C=O) groups is 5. The molecule has 11 nitrogen and oxygen atoms in total. The first-order chi connectivity index (χ1) is 21.7. The Labute approximate surface area is 258 Å². The van der Waals surface area contributed by atoms with E-state index in [2.05, 4.69) is 0 Å². The summed E-state index contributed by atoms with van der Waals surface area (Å²) in [4.78, 5) is 73.8. The van der Waals surface area contributed by atoms with Crippen molar-refractivity contribution in [2.45, 2.75) is 25.1 Å². The molecule has 3 atom stereocenters. The normalized spacial score (nSPS) is 22.8. The Morgan fingerprint density at radius 1 is 0.844 bits per heavy atom. The third-order valence-corrected chi connectivity index (χ3v) is 8.42. The Bertz CT molecular complexity index is 1790. The van der Waals surface area contributed by atoms with Gasteiger partial charge in [-0.15, -0.1) is 0 Å². The number of hydrogen-bond acceptors (Lipinski definition) is 9. The minimum Gasteiger partial charge on any atom is -0.466 e. The van der Waals surface area contributed by atoms with E-state index in [-0.39, 0.29) is 29.2 Å². The van der Waals surface area contributed by atoms with E-state index in [9.17, 15) is 29.1 Å². The van der Waals surface area contributed by atoms with Gasteiger partial charge in [0.05, 0.1) is 37.1 Å². The number of esters is 2. The van der Waals surface area contributed by atoms with Crippen LogP contribution in [0.25, 0.3) is 0 Å². The van der Waals surface area contributed by atoms with Gasteiger partial charge in [0.25, 0.3) is 17.4 Å². The van der Waals surface area contributed by atoms with Crippen LogP contribution in [0.2, 0.25) is 0 Å². The molecule has 0 unspecified atom stereocenters. The molecule has 3 aromatic rings. The number of nitrogens with zero attached hydrogens (tertiary/aromatic N) is 3. The van der Waals surface area contributed by atoms with Crippen LogP contribution in [0.4, 0.5) is 5.69 Å². The molecule has 0 bridgehead atoms. The first-order valence-corrected chi connectivity index (χ1v) is 14.1. The smallest absolute Gasteiger partial charge is 0.349 e. The Balaban J connectivity index is 1.73. The zero-order valence-corrected chi connectivity index (χ0v) is 24.7. The molecule has 3 aromatic carbocycles. The molecule has 3 amide bonds. The zero-order chi connectivity index (χ0) is 32.0. The summed E-state index contributed by atoms with van der Waals surface area (Å²) < 4.78 is 10.1. The van der Waals surface area contributed by atoms with Gasteiger partial charge in [-0.1, -0.05) is 78.9 Å². The number of allylic oxidation sites excluding steroid dienone is 1. The Kier molecular flexibility index (Phi) is 7.33. The lowest BCUT2D eigenvalue weighted by Crippen LogP contribution is -2.66. The van der Waals surface area contributed by atoms with E-state index in [1.807, 2.05) is 30.3 Å². The van der Waals surface area contributed by atoms with E-state index in [1.54, 1.807) is 60.4 Å². The van der Waals surface area contributed by atoms with Crippen LogP contribution in [0.15, 0.2) is 114 Å². The molecule has 6 rings (SSSR count). The molecule has 0 spiro atoms. The molecule has 228 valence electrons. The molecule has 0 aromatic heterocycles.